The van der Waals surface area contributed by atoms with E-state index in [1.54, 1.807) is 24.3 Å². The molecule has 1 saturated heterocycles. The Kier molecular flexibility index (Phi) is 5.66. The van der Waals surface area contributed by atoms with Crippen molar-refractivity contribution >= 4 is 17.8 Å². The van der Waals surface area contributed by atoms with Crippen molar-refractivity contribution in [2.45, 2.75) is 6.10 Å². The third-order valence-electron chi connectivity index (χ3n) is 5.74. The lowest BCUT2D eigenvalue weighted by molar-refractivity contribution is -0.135. The molecule has 2 aliphatic rings. The first-order valence-electron chi connectivity index (χ1n) is 10.7. The van der Waals surface area contributed by atoms with Crippen LogP contribution in [0.25, 0.3) is 17.3 Å². The third kappa shape index (κ3) is 4.38. The van der Waals surface area contributed by atoms with Crippen molar-refractivity contribution in [3.05, 3.63) is 71.6 Å². The lowest BCUT2D eigenvalue weighted by Gasteiger charge is -2.34. The zero-order valence-corrected chi connectivity index (χ0v) is 18.2. The fourth-order valence-corrected chi connectivity index (χ4v) is 3.97. The van der Waals surface area contributed by atoms with Crippen LogP contribution in [0.2, 0.25) is 0 Å². The molecule has 4 heterocycles. The molecule has 33 heavy (non-hydrogen) atoms. The van der Waals surface area contributed by atoms with E-state index < -0.39 is 0 Å². The van der Waals surface area contributed by atoms with E-state index in [2.05, 4.69) is 4.98 Å². The minimum Gasteiger partial charge on any atom is -0.497 e. The number of nitrogens with two attached hydrogens (primary N) is 1. The van der Waals surface area contributed by atoms with E-state index in [1.807, 2.05) is 48.5 Å². The Bertz CT molecular complexity index is 1210. The van der Waals surface area contributed by atoms with Crippen LogP contribution in [-0.4, -0.2) is 54.2 Å². The van der Waals surface area contributed by atoms with Crippen molar-refractivity contribution in [2.75, 3.05) is 39.1 Å². The predicted octanol–water partition coefficient (Wildman–Crippen LogP) is 3.11. The smallest absolute Gasteiger partial charge is 0.253 e. The zero-order chi connectivity index (χ0) is 22.8. The lowest BCUT2D eigenvalue weighted by Crippen LogP contribution is -2.44. The Morgan fingerprint density at radius 2 is 2.12 bits per heavy atom. The maximum absolute atomic E-state index is 13.3. The molecule has 0 saturated carbocycles. The van der Waals surface area contributed by atoms with Gasteiger partial charge in [-0.1, -0.05) is 6.07 Å². The van der Waals surface area contributed by atoms with Gasteiger partial charge in [0.1, 0.15) is 30.0 Å². The molecular weight excluding hydrogens is 420 g/mol. The number of rotatable bonds is 4. The zero-order valence-electron chi connectivity index (χ0n) is 18.2. The van der Waals surface area contributed by atoms with Gasteiger partial charge >= 0.3 is 0 Å². The molecule has 2 aromatic heterocycles. The van der Waals surface area contributed by atoms with Crippen molar-refractivity contribution in [3.8, 4) is 22.8 Å². The maximum atomic E-state index is 13.3. The van der Waals surface area contributed by atoms with Crippen LogP contribution < -0.4 is 15.2 Å². The Morgan fingerprint density at radius 3 is 2.94 bits per heavy atom. The van der Waals surface area contributed by atoms with E-state index in [-0.39, 0.29) is 18.6 Å². The number of amides is 1. The first-order valence-corrected chi connectivity index (χ1v) is 10.7. The number of morpholine rings is 1. The summed E-state index contributed by atoms with van der Waals surface area (Å²) in [4.78, 5) is 24.0. The molecule has 0 bridgehead atoms. The molecular formula is C25H24N4O4. The molecule has 0 unspecified atom stereocenters. The Hall–Kier alpha value is -3.91. The number of benzene rings is 1. The van der Waals surface area contributed by atoms with Gasteiger partial charge in [-0.3, -0.25) is 4.79 Å². The molecule has 2 N–H and O–H groups in total. The summed E-state index contributed by atoms with van der Waals surface area (Å²) in [6.07, 6.45) is 3.25. The summed E-state index contributed by atoms with van der Waals surface area (Å²) < 4.78 is 17.1. The highest BCUT2D eigenvalue weighted by Crippen LogP contribution is 2.31. The van der Waals surface area contributed by atoms with Gasteiger partial charge in [0.25, 0.3) is 5.91 Å². The molecule has 0 spiro atoms. The maximum Gasteiger partial charge on any atom is 0.253 e. The molecule has 0 aliphatic carbocycles. The summed E-state index contributed by atoms with van der Waals surface area (Å²) in [5.74, 6) is 1.86. The van der Waals surface area contributed by atoms with Crippen LogP contribution in [0.5, 0.6) is 11.5 Å². The second kappa shape index (κ2) is 8.91. The van der Waals surface area contributed by atoms with Gasteiger partial charge in [-0.2, -0.15) is 0 Å². The highest BCUT2D eigenvalue weighted by molar-refractivity contribution is 5.99. The topological polar surface area (TPSA) is 99.8 Å². The monoisotopic (exact) mass is 444 g/mol. The van der Waals surface area contributed by atoms with E-state index in [1.165, 1.54) is 0 Å². The third-order valence-corrected chi connectivity index (χ3v) is 5.74. The average Bonchev–Trinajstić information content (AvgIpc) is 2.88. The minimum absolute atomic E-state index is 0.0596. The summed E-state index contributed by atoms with van der Waals surface area (Å²) in [5, 5.41) is 0. The first kappa shape index (κ1) is 21.0. The molecule has 0 radical (unpaired) electrons. The molecule has 1 atom stereocenters. The number of hydrogen-bond acceptors (Lipinski definition) is 7. The van der Waals surface area contributed by atoms with Crippen LogP contribution >= 0.6 is 0 Å². The van der Waals surface area contributed by atoms with Crippen molar-refractivity contribution in [1.82, 2.24) is 14.9 Å². The molecule has 1 aromatic carbocycles. The largest absolute Gasteiger partial charge is 0.497 e. The highest BCUT2D eigenvalue weighted by atomic mass is 16.5. The number of methoxy groups -OCH3 is 1. The van der Waals surface area contributed by atoms with Crippen molar-refractivity contribution in [3.63, 3.8) is 0 Å². The van der Waals surface area contributed by atoms with Crippen LogP contribution in [0, 0.1) is 0 Å². The van der Waals surface area contributed by atoms with Gasteiger partial charge in [0.05, 0.1) is 37.2 Å². The van der Waals surface area contributed by atoms with E-state index in [4.69, 9.17) is 24.9 Å². The number of ether oxygens (including phenoxy) is 3. The van der Waals surface area contributed by atoms with Gasteiger partial charge in [0, 0.05) is 23.9 Å². The quantitative estimate of drug-likeness (QED) is 0.660. The summed E-state index contributed by atoms with van der Waals surface area (Å²) >= 11 is 0. The second-order valence-electron chi connectivity index (χ2n) is 7.89. The van der Waals surface area contributed by atoms with Gasteiger partial charge in [0.2, 0.25) is 0 Å². The summed E-state index contributed by atoms with van der Waals surface area (Å²) in [6, 6.07) is 14.9. The van der Waals surface area contributed by atoms with E-state index >= 15 is 0 Å². The number of fused-ring (bicyclic) bond motifs is 1. The fraction of sp³-hybridized carbons (Fsp3) is 0.240. The van der Waals surface area contributed by atoms with Crippen LogP contribution in [0.3, 0.4) is 0 Å². The van der Waals surface area contributed by atoms with Crippen LogP contribution in [0.15, 0.2) is 60.3 Å². The Labute approximate surface area is 191 Å². The van der Waals surface area contributed by atoms with Crippen molar-refractivity contribution < 1.29 is 19.0 Å². The Morgan fingerprint density at radius 1 is 1.21 bits per heavy atom. The standard InChI is InChI=1S/C25H24N4O4/c1-31-19-6-7-22-17(12-19)11-18(15-33-22)25(30)29-9-10-32-23(14-29)21-4-2-3-20(28-21)16-5-8-24(26)27-13-16/h2-8,11-13,23H,9-10,14-15H2,1H3,(H2,26,27)/t23-/m1/s1. The second-order valence-corrected chi connectivity index (χ2v) is 7.89. The van der Waals surface area contributed by atoms with Gasteiger partial charge in [0.15, 0.2) is 0 Å². The van der Waals surface area contributed by atoms with Gasteiger partial charge in [-0.05, 0) is 48.5 Å². The SMILES string of the molecule is COc1ccc2c(c1)C=C(C(=O)N1CCO[C@@H](c3cccc(-c4ccc(N)nc4)n3)C1)CO2. The number of carbonyl (C=O) groups is 1. The molecule has 8 heteroatoms. The number of hydrogen-bond donors (Lipinski definition) is 1. The summed E-state index contributed by atoms with van der Waals surface area (Å²) in [6.45, 7) is 1.60. The van der Waals surface area contributed by atoms with Crippen LogP contribution in [0.4, 0.5) is 5.82 Å². The normalized spacial score (nSPS) is 17.5. The number of anilines is 1. The number of nitrogen functional groups attached to an aromatic ring is 1. The van der Waals surface area contributed by atoms with Gasteiger partial charge in [-0.15, -0.1) is 0 Å². The van der Waals surface area contributed by atoms with Gasteiger partial charge in [-0.25, -0.2) is 9.97 Å². The highest BCUT2D eigenvalue weighted by Gasteiger charge is 2.29. The first-order chi connectivity index (χ1) is 16.1. The molecule has 2 aliphatic heterocycles. The lowest BCUT2D eigenvalue weighted by atomic mass is 10.1. The molecule has 5 rings (SSSR count). The number of pyridine rings is 2. The van der Waals surface area contributed by atoms with Crippen LogP contribution in [-0.2, 0) is 9.53 Å². The molecule has 3 aromatic rings. The molecule has 8 nitrogen and oxygen atoms in total. The number of carbonyl (C=O) groups excluding carboxylic acids is 1. The van der Waals surface area contributed by atoms with Crippen molar-refractivity contribution in [1.29, 1.82) is 0 Å². The average molecular weight is 444 g/mol. The molecule has 1 fully saturated rings. The number of aromatic nitrogens is 2. The predicted molar refractivity (Wildman–Crippen MR) is 124 cm³/mol. The summed E-state index contributed by atoms with van der Waals surface area (Å²) in [5.41, 5.74) is 9.54. The fourth-order valence-electron chi connectivity index (χ4n) is 3.97. The van der Waals surface area contributed by atoms with Crippen molar-refractivity contribution in [2.24, 2.45) is 0 Å². The van der Waals surface area contributed by atoms with E-state index in [9.17, 15) is 4.79 Å². The molecule has 168 valence electrons. The van der Waals surface area contributed by atoms with Gasteiger partial charge < -0.3 is 24.8 Å². The minimum atomic E-state index is -0.318. The summed E-state index contributed by atoms with van der Waals surface area (Å²) in [7, 11) is 1.61. The van der Waals surface area contributed by atoms with E-state index in [0.29, 0.717) is 31.1 Å². The van der Waals surface area contributed by atoms with Crippen LogP contribution in [0.1, 0.15) is 17.4 Å². The Balaban J connectivity index is 1.34. The number of nitrogens with zero attached hydrogens (tertiary/aromatic N) is 3. The molecule has 1 amide bonds. The van der Waals surface area contributed by atoms with E-state index in [0.717, 1.165) is 34.0 Å².